The molecule has 3 heterocycles. The number of nitrogens with zero attached hydrogens (tertiary/aromatic N) is 6. The smallest absolute Gasteiger partial charge is 0.246 e. The van der Waals surface area contributed by atoms with Crippen LogP contribution in [0.3, 0.4) is 0 Å². The molecule has 2 aromatic heterocycles. The van der Waals surface area contributed by atoms with Crippen LogP contribution in [0.2, 0.25) is 0 Å². The number of piperazine rings is 1. The Bertz CT molecular complexity index is 960. The van der Waals surface area contributed by atoms with Gasteiger partial charge in [-0.25, -0.2) is 14.6 Å². The minimum absolute atomic E-state index is 0.0413. The van der Waals surface area contributed by atoms with Gasteiger partial charge in [-0.05, 0) is 24.6 Å². The molecule has 7 nitrogen and oxygen atoms in total. The largest absolute Gasteiger partial charge is 0.353 e. The summed E-state index contributed by atoms with van der Waals surface area (Å²) in [7, 11) is 0. The van der Waals surface area contributed by atoms with Gasteiger partial charge < -0.3 is 9.80 Å². The molecule has 3 aromatic rings. The Morgan fingerprint density at radius 2 is 1.75 bits per heavy atom. The number of hydrogen-bond donors (Lipinski definition) is 0. The van der Waals surface area contributed by atoms with Crippen LogP contribution in [0, 0.1) is 6.92 Å². The minimum atomic E-state index is 0.0413. The standard InChI is InChI=1S/C21H22N6O/c1-17-23-19(16-20(24-17)27-11-5-10-22-27)25-12-14-26(15-13-25)21(28)9-8-18-6-3-2-4-7-18/h2-11,16H,12-15H2,1H3. The average Bonchev–Trinajstić information content (AvgIpc) is 3.27. The van der Waals surface area contributed by atoms with Crippen LogP contribution < -0.4 is 4.90 Å². The summed E-state index contributed by atoms with van der Waals surface area (Å²) in [6.07, 6.45) is 7.10. The first-order valence-electron chi connectivity index (χ1n) is 9.32. The van der Waals surface area contributed by atoms with Crippen LogP contribution in [-0.2, 0) is 4.79 Å². The van der Waals surface area contributed by atoms with Gasteiger partial charge in [0.1, 0.15) is 11.6 Å². The highest BCUT2D eigenvalue weighted by Gasteiger charge is 2.21. The van der Waals surface area contributed by atoms with E-state index in [0.29, 0.717) is 18.9 Å². The summed E-state index contributed by atoms with van der Waals surface area (Å²) in [6, 6.07) is 13.7. The van der Waals surface area contributed by atoms with E-state index >= 15 is 0 Å². The lowest BCUT2D eigenvalue weighted by Gasteiger charge is -2.35. The summed E-state index contributed by atoms with van der Waals surface area (Å²) in [6.45, 7) is 4.68. The van der Waals surface area contributed by atoms with Crippen molar-refractivity contribution in [1.29, 1.82) is 0 Å². The molecule has 0 saturated carbocycles. The number of rotatable bonds is 4. The van der Waals surface area contributed by atoms with Crippen LogP contribution in [0.1, 0.15) is 11.4 Å². The number of aromatic nitrogens is 4. The maximum Gasteiger partial charge on any atom is 0.246 e. The van der Waals surface area contributed by atoms with Gasteiger partial charge >= 0.3 is 0 Å². The fraction of sp³-hybridized carbons (Fsp3) is 0.238. The highest BCUT2D eigenvalue weighted by atomic mass is 16.2. The van der Waals surface area contributed by atoms with Gasteiger partial charge in [0.2, 0.25) is 5.91 Å². The van der Waals surface area contributed by atoms with E-state index in [2.05, 4.69) is 20.0 Å². The molecule has 4 rings (SSSR count). The summed E-state index contributed by atoms with van der Waals surface area (Å²) in [5, 5.41) is 4.24. The minimum Gasteiger partial charge on any atom is -0.353 e. The number of benzene rings is 1. The van der Waals surface area contributed by atoms with Gasteiger partial charge in [0, 0.05) is 50.7 Å². The highest BCUT2D eigenvalue weighted by molar-refractivity contribution is 5.91. The molecule has 28 heavy (non-hydrogen) atoms. The molecule has 1 saturated heterocycles. The van der Waals surface area contributed by atoms with Crippen molar-refractivity contribution >= 4 is 17.8 Å². The molecule has 0 radical (unpaired) electrons. The predicted octanol–water partition coefficient (Wildman–Crippen LogP) is 2.33. The van der Waals surface area contributed by atoms with Gasteiger partial charge in [-0.15, -0.1) is 0 Å². The van der Waals surface area contributed by atoms with Gasteiger partial charge in [0.15, 0.2) is 5.82 Å². The SMILES string of the molecule is Cc1nc(N2CCN(C(=O)C=Cc3ccccc3)CC2)cc(-n2cccn2)n1. The van der Waals surface area contributed by atoms with Crippen molar-refractivity contribution in [3.05, 3.63) is 72.3 Å². The number of anilines is 1. The summed E-state index contributed by atoms with van der Waals surface area (Å²) in [5.74, 6) is 2.36. The fourth-order valence-electron chi connectivity index (χ4n) is 3.21. The lowest BCUT2D eigenvalue weighted by molar-refractivity contribution is -0.126. The third-order valence-corrected chi connectivity index (χ3v) is 4.68. The number of carbonyl (C=O) groups excluding carboxylic acids is 1. The number of hydrogen-bond acceptors (Lipinski definition) is 5. The maximum atomic E-state index is 12.5. The van der Waals surface area contributed by atoms with Crippen LogP contribution >= 0.6 is 0 Å². The normalized spacial score (nSPS) is 14.6. The monoisotopic (exact) mass is 374 g/mol. The Morgan fingerprint density at radius 1 is 1.00 bits per heavy atom. The second-order valence-electron chi connectivity index (χ2n) is 6.64. The zero-order valence-corrected chi connectivity index (χ0v) is 15.8. The molecule has 142 valence electrons. The van der Waals surface area contributed by atoms with Crippen molar-refractivity contribution < 1.29 is 4.79 Å². The summed E-state index contributed by atoms with van der Waals surface area (Å²) < 4.78 is 1.73. The summed E-state index contributed by atoms with van der Waals surface area (Å²) in [5.41, 5.74) is 1.03. The third kappa shape index (κ3) is 4.09. The molecule has 0 aliphatic carbocycles. The molecule has 1 fully saturated rings. The van der Waals surface area contributed by atoms with E-state index in [1.54, 1.807) is 17.0 Å². The van der Waals surface area contributed by atoms with Crippen molar-refractivity contribution in [2.75, 3.05) is 31.1 Å². The molecule has 1 amide bonds. The van der Waals surface area contributed by atoms with Gasteiger partial charge in [-0.2, -0.15) is 5.10 Å². The van der Waals surface area contributed by atoms with Crippen molar-refractivity contribution in [2.24, 2.45) is 0 Å². The lowest BCUT2D eigenvalue weighted by atomic mass is 10.2. The molecule has 1 aliphatic rings. The molecule has 0 N–H and O–H groups in total. The van der Waals surface area contributed by atoms with E-state index < -0.39 is 0 Å². The van der Waals surface area contributed by atoms with Crippen molar-refractivity contribution in [1.82, 2.24) is 24.6 Å². The molecular formula is C21H22N6O. The third-order valence-electron chi connectivity index (χ3n) is 4.68. The second kappa shape index (κ2) is 8.04. The number of carbonyl (C=O) groups is 1. The molecule has 0 unspecified atom stereocenters. The molecule has 7 heteroatoms. The highest BCUT2D eigenvalue weighted by Crippen LogP contribution is 2.17. The van der Waals surface area contributed by atoms with Gasteiger partial charge in [0.05, 0.1) is 0 Å². The lowest BCUT2D eigenvalue weighted by Crippen LogP contribution is -2.48. The quantitative estimate of drug-likeness (QED) is 0.656. The summed E-state index contributed by atoms with van der Waals surface area (Å²) >= 11 is 0. The molecule has 0 spiro atoms. The molecule has 1 aliphatic heterocycles. The van der Waals surface area contributed by atoms with Gasteiger partial charge in [-0.1, -0.05) is 30.3 Å². The van der Waals surface area contributed by atoms with E-state index in [4.69, 9.17) is 0 Å². The zero-order valence-electron chi connectivity index (χ0n) is 15.8. The van der Waals surface area contributed by atoms with Crippen LogP contribution in [0.5, 0.6) is 0 Å². The Balaban J connectivity index is 1.40. The molecule has 1 aromatic carbocycles. The Kier molecular flexibility index (Phi) is 5.14. The van der Waals surface area contributed by atoms with Gasteiger partial charge in [0.25, 0.3) is 0 Å². The Labute approximate surface area is 163 Å². The topological polar surface area (TPSA) is 67.2 Å². The van der Waals surface area contributed by atoms with Crippen LogP contribution in [0.15, 0.2) is 60.9 Å². The average molecular weight is 374 g/mol. The maximum absolute atomic E-state index is 12.5. The first-order chi connectivity index (χ1) is 13.7. The van der Waals surface area contributed by atoms with E-state index in [-0.39, 0.29) is 5.91 Å². The summed E-state index contributed by atoms with van der Waals surface area (Å²) in [4.78, 5) is 25.5. The van der Waals surface area contributed by atoms with Crippen LogP contribution in [-0.4, -0.2) is 56.7 Å². The van der Waals surface area contributed by atoms with E-state index in [1.807, 2.05) is 66.6 Å². The first-order valence-corrected chi connectivity index (χ1v) is 9.32. The number of amides is 1. The Morgan fingerprint density at radius 3 is 2.46 bits per heavy atom. The van der Waals surface area contributed by atoms with Crippen molar-refractivity contribution in [3.63, 3.8) is 0 Å². The van der Waals surface area contributed by atoms with Crippen LogP contribution in [0.4, 0.5) is 5.82 Å². The predicted molar refractivity (Wildman–Crippen MR) is 108 cm³/mol. The van der Waals surface area contributed by atoms with Gasteiger partial charge in [-0.3, -0.25) is 4.79 Å². The van der Waals surface area contributed by atoms with E-state index in [9.17, 15) is 4.79 Å². The van der Waals surface area contributed by atoms with Crippen molar-refractivity contribution in [3.8, 4) is 5.82 Å². The van der Waals surface area contributed by atoms with Crippen LogP contribution in [0.25, 0.3) is 11.9 Å². The van der Waals surface area contributed by atoms with E-state index in [0.717, 1.165) is 30.3 Å². The fourth-order valence-corrected chi connectivity index (χ4v) is 3.21. The molecular weight excluding hydrogens is 352 g/mol. The molecule has 0 atom stereocenters. The Hall–Kier alpha value is -3.48. The molecule has 0 bridgehead atoms. The zero-order chi connectivity index (χ0) is 19.3. The second-order valence-corrected chi connectivity index (χ2v) is 6.64. The first kappa shape index (κ1) is 17.9. The number of aryl methyl sites for hydroxylation is 1. The van der Waals surface area contributed by atoms with Crippen molar-refractivity contribution in [2.45, 2.75) is 6.92 Å². The van der Waals surface area contributed by atoms with E-state index in [1.165, 1.54) is 0 Å².